The average Bonchev–Trinajstić information content (AvgIpc) is 2.11. The molecule has 0 aliphatic heterocycles. The number of hydrogen-bond donors (Lipinski definition) is 1. The zero-order valence-electron chi connectivity index (χ0n) is 10.4. The largest absolute Gasteiger partial charge is 0.456 e. The summed E-state index contributed by atoms with van der Waals surface area (Å²) >= 11 is 4.86. The van der Waals surface area contributed by atoms with E-state index in [0.717, 1.165) is 19.3 Å². The lowest BCUT2D eigenvalue weighted by Crippen LogP contribution is -2.58. The van der Waals surface area contributed by atoms with Gasteiger partial charge in [-0.1, -0.05) is 6.58 Å². The van der Waals surface area contributed by atoms with Crippen molar-refractivity contribution in [1.29, 1.82) is 0 Å². The maximum atomic E-state index is 11.8. The van der Waals surface area contributed by atoms with Gasteiger partial charge in [-0.25, -0.2) is 4.79 Å². The molecule has 0 radical (unpaired) electrons. The third-order valence-corrected chi connectivity index (χ3v) is 5.16. The molecule has 0 saturated heterocycles. The highest BCUT2D eigenvalue weighted by Crippen LogP contribution is 2.61. The second-order valence-electron chi connectivity index (χ2n) is 6.54. The van der Waals surface area contributed by atoms with E-state index in [1.165, 1.54) is 19.3 Å². The molecule has 4 aliphatic rings. The lowest BCUT2D eigenvalue weighted by molar-refractivity contribution is -0.178. The Morgan fingerprint density at radius 2 is 1.88 bits per heavy atom. The highest BCUT2D eigenvalue weighted by Gasteiger charge is 2.58. The Morgan fingerprint density at radius 3 is 2.35 bits per heavy atom. The van der Waals surface area contributed by atoms with E-state index >= 15 is 0 Å². The molecule has 4 aliphatic carbocycles. The second kappa shape index (κ2) is 3.53. The Labute approximate surface area is 108 Å². The van der Waals surface area contributed by atoms with Crippen LogP contribution in [0.2, 0.25) is 0 Å². The van der Waals surface area contributed by atoms with Gasteiger partial charge in [-0.2, -0.15) is 12.6 Å². The Balaban J connectivity index is 1.83. The molecule has 4 saturated carbocycles. The van der Waals surface area contributed by atoms with Gasteiger partial charge in [0.1, 0.15) is 5.60 Å². The van der Waals surface area contributed by atoms with Gasteiger partial charge < -0.3 is 4.74 Å². The minimum atomic E-state index is -0.220. The highest BCUT2D eigenvalue weighted by atomic mass is 32.1. The predicted octanol–water partition coefficient (Wildman–Crippen LogP) is 3.13. The molecule has 4 bridgehead atoms. The molecule has 0 aromatic rings. The number of esters is 1. The van der Waals surface area contributed by atoms with E-state index < -0.39 is 0 Å². The van der Waals surface area contributed by atoms with E-state index in [-0.39, 0.29) is 16.3 Å². The molecular weight excluding hydrogens is 232 g/mol. The summed E-state index contributed by atoms with van der Waals surface area (Å²) in [6.07, 6.45) is 6.76. The Hall–Kier alpha value is -0.440. The van der Waals surface area contributed by atoms with Crippen molar-refractivity contribution in [2.24, 2.45) is 11.8 Å². The summed E-state index contributed by atoms with van der Waals surface area (Å²) in [5.41, 5.74) is 0.288. The molecule has 4 rings (SSSR count). The summed E-state index contributed by atoms with van der Waals surface area (Å²) in [5, 5.41) is 0. The quantitative estimate of drug-likeness (QED) is 0.464. The van der Waals surface area contributed by atoms with Gasteiger partial charge in [0.2, 0.25) is 0 Å². The first kappa shape index (κ1) is 11.6. The summed E-state index contributed by atoms with van der Waals surface area (Å²) in [6.45, 7) is 5.40. The number of rotatable bonds is 2. The smallest absolute Gasteiger partial charge is 0.333 e. The Bertz CT molecular complexity index is 374. The van der Waals surface area contributed by atoms with Crippen molar-refractivity contribution in [3.63, 3.8) is 0 Å². The van der Waals surface area contributed by atoms with E-state index in [2.05, 4.69) is 6.58 Å². The average molecular weight is 252 g/mol. The molecule has 0 aromatic heterocycles. The topological polar surface area (TPSA) is 26.3 Å². The molecule has 2 unspecified atom stereocenters. The van der Waals surface area contributed by atoms with E-state index in [1.54, 1.807) is 6.92 Å². The van der Waals surface area contributed by atoms with E-state index in [0.29, 0.717) is 17.4 Å². The fourth-order valence-electron chi connectivity index (χ4n) is 4.53. The van der Waals surface area contributed by atoms with E-state index in [9.17, 15) is 4.79 Å². The lowest BCUT2D eigenvalue weighted by atomic mass is 9.53. The normalized spacial score (nSPS) is 46.9. The molecule has 17 heavy (non-hydrogen) atoms. The van der Waals surface area contributed by atoms with Gasteiger partial charge >= 0.3 is 5.97 Å². The maximum Gasteiger partial charge on any atom is 0.333 e. The Morgan fingerprint density at radius 1 is 1.29 bits per heavy atom. The van der Waals surface area contributed by atoms with Gasteiger partial charge in [0.15, 0.2) is 0 Å². The van der Waals surface area contributed by atoms with Gasteiger partial charge in [0.25, 0.3) is 0 Å². The minimum absolute atomic E-state index is 0.124. The van der Waals surface area contributed by atoms with E-state index in [4.69, 9.17) is 17.4 Å². The third kappa shape index (κ3) is 1.92. The zero-order chi connectivity index (χ0) is 12.3. The van der Waals surface area contributed by atoms with Crippen LogP contribution in [-0.2, 0) is 9.53 Å². The molecule has 0 heterocycles. The van der Waals surface area contributed by atoms with Crippen molar-refractivity contribution in [3.05, 3.63) is 12.2 Å². The van der Waals surface area contributed by atoms with E-state index in [1.807, 2.05) is 0 Å². The fraction of sp³-hybridized carbons (Fsp3) is 0.786. The van der Waals surface area contributed by atoms with Crippen molar-refractivity contribution in [2.75, 3.05) is 0 Å². The minimum Gasteiger partial charge on any atom is -0.456 e. The monoisotopic (exact) mass is 252 g/mol. The van der Waals surface area contributed by atoms with Gasteiger partial charge in [-0.15, -0.1) is 0 Å². The van der Waals surface area contributed by atoms with Gasteiger partial charge in [0, 0.05) is 16.7 Å². The van der Waals surface area contributed by atoms with Crippen molar-refractivity contribution in [2.45, 2.75) is 55.8 Å². The first-order valence-electron chi connectivity index (χ1n) is 6.51. The number of hydrogen-bond acceptors (Lipinski definition) is 3. The number of carbonyl (C=O) groups is 1. The standard InChI is InChI=1S/C14H20O2S/c1-9(2)12(15)16-13-4-10-3-11(5-13)7-14(17,6-10)8-13/h10-11,17H,1,3-8H2,2H3. The predicted molar refractivity (Wildman–Crippen MR) is 70.0 cm³/mol. The summed E-state index contributed by atoms with van der Waals surface area (Å²) in [7, 11) is 0. The highest BCUT2D eigenvalue weighted by molar-refractivity contribution is 7.81. The summed E-state index contributed by atoms with van der Waals surface area (Å²) in [6, 6.07) is 0. The molecule has 2 atom stereocenters. The lowest BCUT2D eigenvalue weighted by Gasteiger charge is -2.59. The molecular formula is C14H20O2S. The van der Waals surface area contributed by atoms with Crippen LogP contribution in [0.15, 0.2) is 12.2 Å². The molecule has 0 amide bonds. The molecule has 0 spiro atoms. The maximum absolute atomic E-state index is 11.8. The van der Waals surface area contributed by atoms with Crippen molar-refractivity contribution >= 4 is 18.6 Å². The SMILES string of the molecule is C=C(C)C(=O)OC12CC3CC(CC(S)(C3)C1)C2. The Kier molecular flexibility index (Phi) is 2.42. The van der Waals surface area contributed by atoms with Crippen LogP contribution in [0.25, 0.3) is 0 Å². The molecule has 0 aromatic carbocycles. The fourth-order valence-corrected chi connectivity index (χ4v) is 5.34. The van der Waals surface area contributed by atoms with Crippen LogP contribution in [0.5, 0.6) is 0 Å². The van der Waals surface area contributed by atoms with Crippen molar-refractivity contribution < 1.29 is 9.53 Å². The van der Waals surface area contributed by atoms with Crippen LogP contribution in [0.4, 0.5) is 0 Å². The van der Waals surface area contributed by atoms with Gasteiger partial charge in [0.05, 0.1) is 0 Å². The van der Waals surface area contributed by atoms with Crippen LogP contribution < -0.4 is 0 Å². The summed E-state index contributed by atoms with van der Waals surface area (Å²) < 4.78 is 5.91. The van der Waals surface area contributed by atoms with Crippen LogP contribution >= 0.6 is 12.6 Å². The van der Waals surface area contributed by atoms with Crippen LogP contribution in [0, 0.1) is 11.8 Å². The van der Waals surface area contributed by atoms with Crippen LogP contribution in [0.1, 0.15) is 45.4 Å². The summed E-state index contributed by atoms with van der Waals surface area (Å²) in [4.78, 5) is 11.8. The van der Waals surface area contributed by atoms with Crippen molar-refractivity contribution in [3.8, 4) is 0 Å². The molecule has 2 nitrogen and oxygen atoms in total. The molecule has 0 N–H and O–H groups in total. The molecule has 3 heteroatoms. The molecule has 4 fully saturated rings. The van der Waals surface area contributed by atoms with Gasteiger partial charge in [-0.3, -0.25) is 0 Å². The third-order valence-electron chi connectivity index (χ3n) is 4.63. The van der Waals surface area contributed by atoms with Crippen LogP contribution in [-0.4, -0.2) is 16.3 Å². The van der Waals surface area contributed by atoms with Gasteiger partial charge in [-0.05, 0) is 50.9 Å². The number of carbonyl (C=O) groups excluding carboxylic acids is 1. The number of ether oxygens (including phenoxy) is 1. The van der Waals surface area contributed by atoms with Crippen LogP contribution in [0.3, 0.4) is 0 Å². The zero-order valence-corrected chi connectivity index (χ0v) is 11.3. The first-order valence-corrected chi connectivity index (χ1v) is 6.96. The second-order valence-corrected chi connectivity index (χ2v) is 7.49. The molecule has 94 valence electrons. The van der Waals surface area contributed by atoms with Crippen molar-refractivity contribution in [1.82, 2.24) is 0 Å². The first-order chi connectivity index (χ1) is 7.90. The summed E-state index contributed by atoms with van der Waals surface area (Å²) in [5.74, 6) is 1.21. The number of thiol groups is 1.